The van der Waals surface area contributed by atoms with E-state index in [4.69, 9.17) is 0 Å². The van der Waals surface area contributed by atoms with E-state index in [0.29, 0.717) is 5.92 Å². The van der Waals surface area contributed by atoms with Gasteiger partial charge in [-0.25, -0.2) is 4.79 Å². The molecule has 1 rings (SSSR count). The van der Waals surface area contributed by atoms with Gasteiger partial charge in [-0.15, -0.1) is 0 Å². The van der Waals surface area contributed by atoms with Crippen LogP contribution in [0.4, 0.5) is 4.79 Å². The van der Waals surface area contributed by atoms with Crippen LogP contribution in [0.2, 0.25) is 0 Å². The van der Waals surface area contributed by atoms with Gasteiger partial charge in [0.2, 0.25) is 0 Å². The van der Waals surface area contributed by atoms with Crippen molar-refractivity contribution in [3.05, 3.63) is 0 Å². The molecule has 1 fully saturated rings. The molecule has 0 aromatic rings. The molecule has 0 saturated carbocycles. The average Bonchev–Trinajstić information content (AvgIpc) is 2.29. The van der Waals surface area contributed by atoms with E-state index in [2.05, 4.69) is 36.7 Å². The van der Waals surface area contributed by atoms with Crippen molar-refractivity contribution in [2.75, 3.05) is 13.1 Å². The van der Waals surface area contributed by atoms with Gasteiger partial charge in [-0.2, -0.15) is 0 Å². The molecule has 4 nitrogen and oxygen atoms in total. The van der Waals surface area contributed by atoms with Gasteiger partial charge in [0.25, 0.3) is 0 Å². The Morgan fingerprint density at radius 3 is 2.59 bits per heavy atom. The Kier molecular flexibility index (Phi) is 5.25. The van der Waals surface area contributed by atoms with E-state index in [-0.39, 0.29) is 17.6 Å². The third-order valence-corrected chi connectivity index (χ3v) is 3.89. The molecule has 4 heteroatoms. The van der Waals surface area contributed by atoms with E-state index in [1.807, 2.05) is 6.92 Å². The number of hydrogen-bond acceptors (Lipinski definition) is 2. The summed E-state index contributed by atoms with van der Waals surface area (Å²) in [7, 11) is 0. The van der Waals surface area contributed by atoms with Gasteiger partial charge < -0.3 is 16.0 Å². The number of carbonyl (C=O) groups excluding carboxylic acids is 1. The van der Waals surface area contributed by atoms with Crippen molar-refractivity contribution in [1.29, 1.82) is 0 Å². The maximum Gasteiger partial charge on any atom is 0.315 e. The highest BCUT2D eigenvalue weighted by Gasteiger charge is 2.31. The van der Waals surface area contributed by atoms with E-state index in [9.17, 15) is 4.79 Å². The zero-order valence-corrected chi connectivity index (χ0v) is 11.6. The van der Waals surface area contributed by atoms with E-state index in [0.717, 1.165) is 32.4 Å². The van der Waals surface area contributed by atoms with Crippen LogP contribution in [0.5, 0.6) is 0 Å². The Hall–Kier alpha value is -0.770. The topological polar surface area (TPSA) is 53.2 Å². The van der Waals surface area contributed by atoms with Crippen LogP contribution in [0.25, 0.3) is 0 Å². The molecule has 1 heterocycles. The normalized spacial score (nSPS) is 26.6. The molecule has 17 heavy (non-hydrogen) atoms. The first-order chi connectivity index (χ1) is 7.99. The van der Waals surface area contributed by atoms with E-state index >= 15 is 0 Å². The maximum absolute atomic E-state index is 11.9. The lowest BCUT2D eigenvalue weighted by molar-refractivity contribution is 0.201. The maximum atomic E-state index is 11.9. The third-order valence-electron chi connectivity index (χ3n) is 3.89. The van der Waals surface area contributed by atoms with Gasteiger partial charge in [0.15, 0.2) is 0 Å². The highest BCUT2D eigenvalue weighted by Crippen LogP contribution is 2.19. The molecule has 0 bridgehead atoms. The fourth-order valence-electron chi connectivity index (χ4n) is 2.12. The minimum Gasteiger partial charge on any atom is -0.335 e. The van der Waals surface area contributed by atoms with Crippen LogP contribution in [0, 0.1) is 5.92 Å². The molecule has 0 aromatic heterocycles. The molecule has 0 aromatic carbocycles. The van der Waals surface area contributed by atoms with Gasteiger partial charge >= 0.3 is 6.03 Å². The van der Waals surface area contributed by atoms with Crippen LogP contribution in [0.15, 0.2) is 0 Å². The van der Waals surface area contributed by atoms with Crippen molar-refractivity contribution in [2.45, 2.75) is 58.5 Å². The molecule has 1 saturated heterocycles. The lowest BCUT2D eigenvalue weighted by atomic mass is 9.87. The number of carbonyl (C=O) groups is 1. The summed E-state index contributed by atoms with van der Waals surface area (Å²) in [5.41, 5.74) is -0.0565. The molecule has 1 aliphatic rings. The van der Waals surface area contributed by atoms with E-state index < -0.39 is 0 Å². The second kappa shape index (κ2) is 6.24. The Morgan fingerprint density at radius 1 is 1.41 bits per heavy atom. The molecule has 2 amide bonds. The van der Waals surface area contributed by atoms with Gasteiger partial charge in [0.1, 0.15) is 0 Å². The molecule has 1 aliphatic heterocycles. The summed E-state index contributed by atoms with van der Waals surface area (Å²) in [6.07, 6.45) is 3.18. The van der Waals surface area contributed by atoms with Crippen molar-refractivity contribution in [2.24, 2.45) is 5.92 Å². The Morgan fingerprint density at radius 2 is 2.12 bits per heavy atom. The molecule has 2 unspecified atom stereocenters. The minimum absolute atomic E-state index is 0.0308. The summed E-state index contributed by atoms with van der Waals surface area (Å²) in [6, 6.07) is 0.178. The fraction of sp³-hybridized carbons (Fsp3) is 0.923. The number of nitrogens with one attached hydrogen (secondary N) is 3. The highest BCUT2D eigenvalue weighted by molar-refractivity contribution is 5.75. The van der Waals surface area contributed by atoms with Crippen LogP contribution >= 0.6 is 0 Å². The zero-order valence-electron chi connectivity index (χ0n) is 11.6. The third kappa shape index (κ3) is 4.19. The largest absolute Gasteiger partial charge is 0.335 e. The van der Waals surface area contributed by atoms with E-state index in [1.54, 1.807) is 0 Å². The molecule has 0 radical (unpaired) electrons. The molecule has 0 aliphatic carbocycles. The summed E-state index contributed by atoms with van der Waals surface area (Å²) in [4.78, 5) is 11.9. The predicted octanol–water partition coefficient (Wildman–Crippen LogP) is 1.86. The van der Waals surface area contributed by atoms with Crippen LogP contribution in [0.1, 0.15) is 47.0 Å². The number of urea groups is 1. The minimum atomic E-state index is -0.0565. The first kappa shape index (κ1) is 14.3. The number of piperidine rings is 1. The van der Waals surface area contributed by atoms with Crippen molar-refractivity contribution in [3.63, 3.8) is 0 Å². The van der Waals surface area contributed by atoms with Crippen molar-refractivity contribution >= 4 is 6.03 Å². The van der Waals surface area contributed by atoms with Crippen LogP contribution in [-0.4, -0.2) is 30.7 Å². The number of amides is 2. The van der Waals surface area contributed by atoms with Crippen LogP contribution < -0.4 is 16.0 Å². The van der Waals surface area contributed by atoms with Gasteiger partial charge in [0, 0.05) is 12.6 Å². The summed E-state index contributed by atoms with van der Waals surface area (Å²) in [5.74, 6) is 0.461. The van der Waals surface area contributed by atoms with Crippen molar-refractivity contribution < 1.29 is 4.79 Å². The second-order valence-electron chi connectivity index (χ2n) is 5.55. The quantitative estimate of drug-likeness (QED) is 0.703. The van der Waals surface area contributed by atoms with Crippen molar-refractivity contribution in [3.8, 4) is 0 Å². The predicted molar refractivity (Wildman–Crippen MR) is 71.1 cm³/mol. The number of rotatable bonds is 4. The number of hydrogen-bond donors (Lipinski definition) is 3. The summed E-state index contributed by atoms with van der Waals surface area (Å²) in [6.45, 7) is 10.4. The second-order valence-corrected chi connectivity index (χ2v) is 5.55. The summed E-state index contributed by atoms with van der Waals surface area (Å²) in [5, 5.41) is 9.53. The van der Waals surface area contributed by atoms with Crippen LogP contribution in [-0.2, 0) is 0 Å². The molecule has 100 valence electrons. The molecular formula is C13H27N3O. The monoisotopic (exact) mass is 241 g/mol. The highest BCUT2D eigenvalue weighted by atomic mass is 16.2. The average molecular weight is 241 g/mol. The Bertz CT molecular complexity index is 247. The van der Waals surface area contributed by atoms with Gasteiger partial charge in [-0.3, -0.25) is 0 Å². The molecule has 3 N–H and O–H groups in total. The molecule has 2 atom stereocenters. The standard InChI is InChI=1S/C13H27N3O/c1-5-13(7-6-8-14-9-13)16-12(17)15-11(4)10(2)3/h10-11,14H,5-9H2,1-4H3,(H2,15,16,17). The molecular weight excluding hydrogens is 214 g/mol. The molecule has 0 spiro atoms. The van der Waals surface area contributed by atoms with Gasteiger partial charge in [0.05, 0.1) is 5.54 Å². The smallest absolute Gasteiger partial charge is 0.315 e. The van der Waals surface area contributed by atoms with Crippen LogP contribution in [0.3, 0.4) is 0 Å². The first-order valence-electron chi connectivity index (χ1n) is 6.78. The SMILES string of the molecule is CCC1(NC(=O)NC(C)C(C)C)CCCNC1. The lowest BCUT2D eigenvalue weighted by Crippen LogP contribution is -2.60. The Balaban J connectivity index is 2.47. The van der Waals surface area contributed by atoms with Gasteiger partial charge in [-0.05, 0) is 38.6 Å². The fourth-order valence-corrected chi connectivity index (χ4v) is 2.12. The van der Waals surface area contributed by atoms with E-state index in [1.165, 1.54) is 0 Å². The first-order valence-corrected chi connectivity index (χ1v) is 6.78. The summed E-state index contributed by atoms with van der Waals surface area (Å²) < 4.78 is 0. The van der Waals surface area contributed by atoms with Crippen molar-refractivity contribution in [1.82, 2.24) is 16.0 Å². The Labute approximate surface area is 105 Å². The zero-order chi connectivity index (χ0) is 12.9. The lowest BCUT2D eigenvalue weighted by Gasteiger charge is -2.38. The van der Waals surface area contributed by atoms with Gasteiger partial charge in [-0.1, -0.05) is 20.8 Å². The summed E-state index contributed by atoms with van der Waals surface area (Å²) >= 11 is 0.